The number of rotatable bonds is 4. The van der Waals surface area contributed by atoms with E-state index in [-0.39, 0.29) is 24.1 Å². The summed E-state index contributed by atoms with van der Waals surface area (Å²) in [6.07, 6.45) is -0.998. The van der Waals surface area contributed by atoms with E-state index < -0.39 is 16.8 Å². The van der Waals surface area contributed by atoms with Crippen LogP contribution in [-0.4, -0.2) is 45.0 Å². The van der Waals surface area contributed by atoms with E-state index in [1.165, 1.54) is 6.07 Å². The normalized spacial score (nSPS) is 16.1. The Kier molecular flexibility index (Phi) is 5.66. The topological polar surface area (TPSA) is 62.5 Å². The molecule has 3 heterocycles. The second-order valence-electron chi connectivity index (χ2n) is 7.28. The monoisotopic (exact) mass is 437 g/mol. The molecule has 1 saturated heterocycles. The van der Waals surface area contributed by atoms with Crippen LogP contribution in [0.1, 0.15) is 30.1 Å². The lowest BCUT2D eigenvalue weighted by Crippen LogP contribution is -2.39. The second-order valence-corrected chi connectivity index (χ2v) is 7.69. The maximum absolute atomic E-state index is 13.0. The molecule has 1 amide bonds. The Bertz CT molecular complexity index is 1060. The van der Waals surface area contributed by atoms with Gasteiger partial charge in [0.25, 0.3) is 0 Å². The van der Waals surface area contributed by atoms with Gasteiger partial charge in [0, 0.05) is 17.8 Å². The Labute approximate surface area is 175 Å². The van der Waals surface area contributed by atoms with E-state index in [9.17, 15) is 18.0 Å². The van der Waals surface area contributed by atoms with Crippen LogP contribution in [0.25, 0.3) is 5.65 Å². The molecule has 0 aliphatic carbocycles. The molecule has 1 aliphatic heterocycles. The van der Waals surface area contributed by atoms with Gasteiger partial charge in [0.2, 0.25) is 5.91 Å². The molecule has 158 valence electrons. The first kappa shape index (κ1) is 20.6. The molecule has 0 unspecified atom stereocenters. The van der Waals surface area contributed by atoms with Crippen molar-refractivity contribution in [3.05, 3.63) is 59.0 Å². The lowest BCUT2D eigenvalue weighted by Gasteiger charge is -2.30. The van der Waals surface area contributed by atoms with Crippen LogP contribution in [0, 0.1) is 0 Å². The fourth-order valence-corrected chi connectivity index (χ4v) is 3.94. The van der Waals surface area contributed by atoms with Crippen LogP contribution in [0.3, 0.4) is 0 Å². The van der Waals surface area contributed by atoms with E-state index in [1.807, 2.05) is 33.7 Å². The zero-order valence-corrected chi connectivity index (χ0v) is 16.6. The minimum atomic E-state index is -4.58. The molecule has 0 atom stereocenters. The SMILES string of the molecule is O=C(CN1CCC(c2nnc3ccccn23)CC1)Nc1ccc(Cl)c(C(F)(F)F)c1. The molecule has 30 heavy (non-hydrogen) atoms. The first-order chi connectivity index (χ1) is 14.3. The van der Waals surface area contributed by atoms with Gasteiger partial charge in [-0.25, -0.2) is 0 Å². The molecule has 10 heteroatoms. The predicted molar refractivity (Wildman–Crippen MR) is 106 cm³/mol. The number of likely N-dealkylation sites (tertiary alicyclic amines) is 1. The van der Waals surface area contributed by atoms with Crippen molar-refractivity contribution in [2.24, 2.45) is 0 Å². The quantitative estimate of drug-likeness (QED) is 0.664. The van der Waals surface area contributed by atoms with Gasteiger partial charge in [-0.3, -0.25) is 14.1 Å². The number of carbonyl (C=O) groups excluding carboxylic acids is 1. The lowest BCUT2D eigenvalue weighted by atomic mass is 9.96. The number of halogens is 4. The number of fused-ring (bicyclic) bond motifs is 1. The van der Waals surface area contributed by atoms with E-state index in [2.05, 4.69) is 15.5 Å². The number of alkyl halides is 3. The van der Waals surface area contributed by atoms with Crippen LogP contribution < -0.4 is 5.32 Å². The Morgan fingerprint density at radius 2 is 1.93 bits per heavy atom. The Balaban J connectivity index is 1.34. The molecule has 1 fully saturated rings. The van der Waals surface area contributed by atoms with Gasteiger partial charge in [0.15, 0.2) is 5.65 Å². The number of hydrogen-bond donors (Lipinski definition) is 1. The summed E-state index contributed by atoms with van der Waals surface area (Å²) in [5, 5.41) is 10.6. The number of hydrogen-bond acceptors (Lipinski definition) is 4. The largest absolute Gasteiger partial charge is 0.417 e. The van der Waals surface area contributed by atoms with Crippen molar-refractivity contribution in [1.29, 1.82) is 0 Å². The highest BCUT2D eigenvalue weighted by Crippen LogP contribution is 2.36. The number of pyridine rings is 1. The second kappa shape index (κ2) is 8.23. The molecule has 2 aromatic heterocycles. The molecular formula is C20H19ClF3N5O. The molecule has 0 spiro atoms. The van der Waals surface area contributed by atoms with Gasteiger partial charge >= 0.3 is 6.18 Å². The summed E-state index contributed by atoms with van der Waals surface area (Å²) in [5.74, 6) is 0.791. The van der Waals surface area contributed by atoms with Crippen LogP contribution in [0.15, 0.2) is 42.6 Å². The molecular weight excluding hydrogens is 419 g/mol. The molecule has 1 N–H and O–H groups in total. The molecule has 3 aromatic rings. The van der Waals surface area contributed by atoms with Crippen molar-refractivity contribution in [3.8, 4) is 0 Å². The van der Waals surface area contributed by atoms with Gasteiger partial charge < -0.3 is 5.32 Å². The number of carbonyl (C=O) groups is 1. The van der Waals surface area contributed by atoms with Gasteiger partial charge in [0.05, 0.1) is 17.1 Å². The maximum atomic E-state index is 13.0. The number of nitrogens with one attached hydrogen (secondary N) is 1. The number of aromatic nitrogens is 3. The summed E-state index contributed by atoms with van der Waals surface area (Å²) < 4.78 is 40.9. The van der Waals surface area contributed by atoms with Crippen molar-refractivity contribution in [2.45, 2.75) is 24.9 Å². The van der Waals surface area contributed by atoms with Crippen LogP contribution in [0.2, 0.25) is 5.02 Å². The number of amides is 1. The Morgan fingerprint density at radius 3 is 2.67 bits per heavy atom. The molecule has 0 saturated carbocycles. The fraction of sp³-hybridized carbons (Fsp3) is 0.350. The third-order valence-corrected chi connectivity index (χ3v) is 5.55. The van der Waals surface area contributed by atoms with Crippen LogP contribution in [0.4, 0.5) is 18.9 Å². The maximum Gasteiger partial charge on any atom is 0.417 e. The van der Waals surface area contributed by atoms with Crippen molar-refractivity contribution < 1.29 is 18.0 Å². The highest BCUT2D eigenvalue weighted by atomic mass is 35.5. The van der Waals surface area contributed by atoms with Crippen molar-refractivity contribution in [2.75, 3.05) is 25.0 Å². The van der Waals surface area contributed by atoms with E-state index in [1.54, 1.807) is 0 Å². The number of anilines is 1. The van der Waals surface area contributed by atoms with Crippen LogP contribution >= 0.6 is 11.6 Å². The van der Waals surface area contributed by atoms with Crippen LogP contribution in [-0.2, 0) is 11.0 Å². The molecule has 0 radical (unpaired) electrons. The Hall–Kier alpha value is -2.65. The van der Waals surface area contributed by atoms with E-state index >= 15 is 0 Å². The van der Waals surface area contributed by atoms with Gasteiger partial charge in [0.1, 0.15) is 5.82 Å². The number of nitrogens with zero attached hydrogens (tertiary/aromatic N) is 4. The highest BCUT2D eigenvalue weighted by Gasteiger charge is 2.33. The zero-order valence-electron chi connectivity index (χ0n) is 15.9. The van der Waals surface area contributed by atoms with Gasteiger partial charge in [-0.05, 0) is 56.3 Å². The Morgan fingerprint density at radius 1 is 1.17 bits per heavy atom. The van der Waals surface area contributed by atoms with Gasteiger partial charge in [-0.1, -0.05) is 17.7 Å². The van der Waals surface area contributed by atoms with Crippen molar-refractivity contribution in [1.82, 2.24) is 19.5 Å². The number of benzene rings is 1. The summed E-state index contributed by atoms with van der Waals surface area (Å²) in [6.45, 7) is 1.49. The zero-order chi connectivity index (χ0) is 21.3. The summed E-state index contributed by atoms with van der Waals surface area (Å²) >= 11 is 5.61. The molecule has 1 aromatic carbocycles. The smallest absolute Gasteiger partial charge is 0.325 e. The lowest BCUT2D eigenvalue weighted by molar-refractivity contribution is -0.137. The molecule has 1 aliphatic rings. The summed E-state index contributed by atoms with van der Waals surface area (Å²) in [5.41, 5.74) is -0.0969. The van der Waals surface area contributed by atoms with E-state index in [0.29, 0.717) is 13.1 Å². The third-order valence-electron chi connectivity index (χ3n) is 5.22. The first-order valence-corrected chi connectivity index (χ1v) is 9.87. The van der Waals surface area contributed by atoms with Gasteiger partial charge in [-0.15, -0.1) is 10.2 Å². The predicted octanol–water partition coefficient (Wildman–Crippen LogP) is 4.22. The summed E-state index contributed by atoms with van der Waals surface area (Å²) in [6, 6.07) is 9.08. The van der Waals surface area contributed by atoms with Crippen LogP contribution in [0.5, 0.6) is 0 Å². The fourth-order valence-electron chi connectivity index (χ4n) is 3.71. The number of piperidine rings is 1. The minimum absolute atomic E-state index is 0.0709. The van der Waals surface area contributed by atoms with Crippen molar-refractivity contribution >= 4 is 28.8 Å². The first-order valence-electron chi connectivity index (χ1n) is 9.50. The molecule has 6 nitrogen and oxygen atoms in total. The highest BCUT2D eigenvalue weighted by molar-refractivity contribution is 6.31. The third kappa shape index (κ3) is 4.41. The van der Waals surface area contributed by atoms with E-state index in [0.717, 1.165) is 36.4 Å². The minimum Gasteiger partial charge on any atom is -0.325 e. The van der Waals surface area contributed by atoms with E-state index in [4.69, 9.17) is 11.6 Å². The van der Waals surface area contributed by atoms with Gasteiger partial charge in [-0.2, -0.15) is 13.2 Å². The average molecular weight is 438 g/mol. The summed E-state index contributed by atoms with van der Waals surface area (Å²) in [4.78, 5) is 14.3. The van der Waals surface area contributed by atoms with Crippen molar-refractivity contribution in [3.63, 3.8) is 0 Å². The molecule has 4 rings (SSSR count). The molecule has 0 bridgehead atoms. The summed E-state index contributed by atoms with van der Waals surface area (Å²) in [7, 11) is 0. The average Bonchev–Trinajstić information content (AvgIpc) is 3.13. The standard InChI is InChI=1S/C20H19ClF3N5O/c21-16-5-4-14(11-15(16)20(22,23)24)25-18(30)12-28-9-6-13(7-10-28)19-27-26-17-3-1-2-8-29(17)19/h1-5,8,11,13H,6-7,9-10,12H2,(H,25,30).